The lowest BCUT2D eigenvalue weighted by Crippen LogP contribution is -2.12. The number of rotatable bonds is 3. The lowest BCUT2D eigenvalue weighted by Gasteiger charge is -2.03. The number of nitrogens with zero attached hydrogens (tertiary/aromatic N) is 1. The van der Waals surface area contributed by atoms with Crippen LogP contribution in [0.15, 0.2) is 34.7 Å². The Morgan fingerprint density at radius 3 is 2.83 bits per heavy atom. The molecule has 94 valence electrons. The second-order valence-electron chi connectivity index (χ2n) is 3.42. The van der Waals surface area contributed by atoms with Crippen LogP contribution in [-0.2, 0) is 11.2 Å². The first kappa shape index (κ1) is 12.9. The van der Waals surface area contributed by atoms with E-state index in [0.29, 0.717) is 10.2 Å². The third-order valence-corrected chi connectivity index (χ3v) is 3.85. The maximum atomic E-state index is 11.8. The van der Waals surface area contributed by atoms with Gasteiger partial charge in [-0.25, -0.2) is 0 Å². The Kier molecular flexibility index (Phi) is 3.85. The molecule has 1 unspecified atom stereocenters. The van der Waals surface area contributed by atoms with Gasteiger partial charge < -0.3 is 9.66 Å². The molecule has 2 aromatic rings. The van der Waals surface area contributed by atoms with Crippen molar-refractivity contribution in [2.75, 3.05) is 11.6 Å². The van der Waals surface area contributed by atoms with Crippen LogP contribution in [0.3, 0.4) is 0 Å². The molecule has 5 nitrogen and oxygen atoms in total. The highest BCUT2D eigenvalue weighted by Gasteiger charge is 2.15. The maximum Gasteiger partial charge on any atom is 0.261 e. The van der Waals surface area contributed by atoms with Gasteiger partial charge in [0.2, 0.25) is 0 Å². The number of amides is 1. The number of hydrogen-bond acceptors (Lipinski definition) is 5. The smallest absolute Gasteiger partial charge is 0.261 e. The fourth-order valence-electron chi connectivity index (χ4n) is 1.28. The molecule has 0 aliphatic heterocycles. The fourth-order valence-corrected chi connectivity index (χ4v) is 2.81. The Morgan fingerprint density at radius 1 is 1.50 bits per heavy atom. The predicted molar refractivity (Wildman–Crippen MR) is 70.5 cm³/mol. The number of benzene rings is 1. The highest BCUT2D eigenvalue weighted by atomic mass is 32.2. The molecule has 18 heavy (non-hydrogen) atoms. The van der Waals surface area contributed by atoms with Crippen LogP contribution in [0.4, 0.5) is 5.13 Å². The molecule has 1 aromatic heterocycles. The van der Waals surface area contributed by atoms with Crippen molar-refractivity contribution in [1.82, 2.24) is 4.98 Å². The van der Waals surface area contributed by atoms with E-state index in [1.54, 1.807) is 17.5 Å². The lowest BCUT2D eigenvalue weighted by molar-refractivity contribution is 0.102. The molecule has 1 heterocycles. The molecule has 0 aliphatic rings. The molecule has 0 aliphatic carbocycles. The summed E-state index contributed by atoms with van der Waals surface area (Å²) in [5.41, 5.74) is 0.173. The standard InChI is InChI=1S/C11H10N2O3S2/c1-18(16)9-6-17-11(12-9)13-10(15)7-4-2-3-5-8(7)14/h2-6,14H,1H3,(H,12,13,15). The summed E-state index contributed by atoms with van der Waals surface area (Å²) in [7, 11) is 0. The topological polar surface area (TPSA) is 85.3 Å². The van der Waals surface area contributed by atoms with E-state index in [9.17, 15) is 14.5 Å². The van der Waals surface area contributed by atoms with E-state index in [-0.39, 0.29) is 11.3 Å². The zero-order valence-corrected chi connectivity index (χ0v) is 11.0. The second kappa shape index (κ2) is 5.38. The van der Waals surface area contributed by atoms with Crippen LogP contribution in [0.1, 0.15) is 10.4 Å². The van der Waals surface area contributed by atoms with E-state index in [1.165, 1.54) is 29.7 Å². The van der Waals surface area contributed by atoms with Crippen LogP contribution in [-0.4, -0.2) is 26.8 Å². The Balaban J connectivity index is 2.14. The highest BCUT2D eigenvalue weighted by Crippen LogP contribution is 2.21. The number of phenols is 1. The largest absolute Gasteiger partial charge is 0.610 e. The summed E-state index contributed by atoms with van der Waals surface area (Å²) >= 11 is 0.0158. The number of anilines is 1. The number of thiazole rings is 1. The average molecular weight is 282 g/mol. The van der Waals surface area contributed by atoms with E-state index in [4.69, 9.17) is 0 Å². The van der Waals surface area contributed by atoms with Crippen LogP contribution in [0.5, 0.6) is 5.75 Å². The molecule has 0 radical (unpaired) electrons. The van der Waals surface area contributed by atoms with Crippen LogP contribution in [0.25, 0.3) is 0 Å². The van der Waals surface area contributed by atoms with Crippen LogP contribution >= 0.6 is 11.3 Å². The Labute approximate surface area is 111 Å². The van der Waals surface area contributed by atoms with Crippen molar-refractivity contribution in [1.29, 1.82) is 0 Å². The molecule has 0 saturated heterocycles. The summed E-state index contributed by atoms with van der Waals surface area (Å²) < 4.78 is 11.2. The van der Waals surface area contributed by atoms with E-state index in [0.717, 1.165) is 0 Å². The third kappa shape index (κ3) is 2.81. The Morgan fingerprint density at radius 2 is 2.22 bits per heavy atom. The van der Waals surface area contributed by atoms with E-state index >= 15 is 0 Å². The van der Waals surface area contributed by atoms with Gasteiger partial charge in [-0.1, -0.05) is 23.5 Å². The molecule has 0 fully saturated rings. The molecule has 1 aromatic carbocycles. The molecule has 0 bridgehead atoms. The Bertz CT molecular complexity index is 569. The van der Waals surface area contributed by atoms with Crippen molar-refractivity contribution in [3.63, 3.8) is 0 Å². The van der Waals surface area contributed by atoms with Crippen molar-refractivity contribution in [2.45, 2.75) is 5.03 Å². The number of carbonyl (C=O) groups is 1. The van der Waals surface area contributed by atoms with Gasteiger partial charge in [0.1, 0.15) is 12.0 Å². The van der Waals surface area contributed by atoms with Gasteiger partial charge >= 0.3 is 0 Å². The summed E-state index contributed by atoms with van der Waals surface area (Å²) in [4.78, 5) is 15.8. The minimum Gasteiger partial charge on any atom is -0.610 e. The molecule has 7 heteroatoms. The Hall–Kier alpha value is -1.57. The molecule has 0 saturated carbocycles. The summed E-state index contributed by atoms with van der Waals surface area (Å²) in [6.45, 7) is 0. The third-order valence-electron chi connectivity index (χ3n) is 2.15. The number of aromatic hydroxyl groups is 1. The number of carbonyl (C=O) groups excluding carboxylic acids is 1. The maximum absolute atomic E-state index is 11.8. The minimum absolute atomic E-state index is 0.0918. The van der Waals surface area contributed by atoms with Crippen LogP contribution in [0.2, 0.25) is 0 Å². The zero-order valence-electron chi connectivity index (χ0n) is 9.41. The zero-order chi connectivity index (χ0) is 13.1. The average Bonchev–Trinajstić information content (AvgIpc) is 2.78. The summed E-state index contributed by atoms with van der Waals surface area (Å²) in [5.74, 6) is -0.540. The highest BCUT2D eigenvalue weighted by molar-refractivity contribution is 7.90. The number of para-hydroxylation sites is 1. The van der Waals surface area contributed by atoms with Gasteiger partial charge in [0, 0.05) is 11.2 Å². The van der Waals surface area contributed by atoms with Gasteiger partial charge in [0.25, 0.3) is 10.9 Å². The fraction of sp³-hybridized carbons (Fsp3) is 0.0909. The van der Waals surface area contributed by atoms with E-state index in [2.05, 4.69) is 10.3 Å². The minimum atomic E-state index is -1.17. The van der Waals surface area contributed by atoms with Crippen molar-refractivity contribution in [3.8, 4) is 5.75 Å². The number of nitrogens with one attached hydrogen (secondary N) is 1. The molecule has 2 rings (SSSR count). The normalized spacial score (nSPS) is 12.1. The van der Waals surface area contributed by atoms with Crippen LogP contribution in [0, 0.1) is 0 Å². The van der Waals surface area contributed by atoms with E-state index < -0.39 is 17.1 Å². The van der Waals surface area contributed by atoms with Gasteiger partial charge in [-0.15, -0.1) is 0 Å². The van der Waals surface area contributed by atoms with Crippen LogP contribution < -0.4 is 5.32 Å². The molecular weight excluding hydrogens is 272 g/mol. The summed E-state index contributed by atoms with van der Waals surface area (Å²) in [6.07, 6.45) is 1.52. The van der Waals surface area contributed by atoms with Gasteiger partial charge in [0.05, 0.1) is 10.9 Å². The van der Waals surface area contributed by atoms with Crippen molar-refractivity contribution in [3.05, 3.63) is 35.2 Å². The quantitative estimate of drug-likeness (QED) is 0.841. The number of hydrogen-bond donors (Lipinski definition) is 2. The molecule has 0 spiro atoms. The number of phenolic OH excluding ortho intramolecular Hbond substituents is 1. The van der Waals surface area contributed by atoms with Crippen molar-refractivity contribution < 1.29 is 14.5 Å². The van der Waals surface area contributed by atoms with Gasteiger partial charge in [0.15, 0.2) is 5.13 Å². The molecule has 2 N–H and O–H groups in total. The van der Waals surface area contributed by atoms with Crippen molar-refractivity contribution in [2.24, 2.45) is 0 Å². The lowest BCUT2D eigenvalue weighted by atomic mass is 10.2. The van der Waals surface area contributed by atoms with E-state index in [1.807, 2.05) is 0 Å². The first-order valence-electron chi connectivity index (χ1n) is 4.96. The molecular formula is C11H10N2O3S2. The SMILES string of the molecule is C[S+]([O-])c1csc(NC(=O)c2ccccc2O)n1. The van der Waals surface area contributed by atoms with Crippen molar-refractivity contribution >= 4 is 33.6 Å². The second-order valence-corrected chi connectivity index (χ2v) is 5.60. The molecule has 1 amide bonds. The number of aromatic nitrogens is 1. The van der Waals surface area contributed by atoms with Gasteiger partial charge in [-0.2, -0.15) is 4.98 Å². The molecule has 1 atom stereocenters. The summed E-state index contributed by atoms with van der Waals surface area (Å²) in [6, 6.07) is 6.23. The van der Waals surface area contributed by atoms with Gasteiger partial charge in [-0.3, -0.25) is 10.1 Å². The van der Waals surface area contributed by atoms with Gasteiger partial charge in [-0.05, 0) is 12.1 Å². The first-order valence-corrected chi connectivity index (χ1v) is 7.40. The first-order chi connectivity index (χ1) is 8.58. The summed E-state index contributed by atoms with van der Waals surface area (Å²) in [5, 5.41) is 14.5. The predicted octanol–water partition coefficient (Wildman–Crippen LogP) is 1.84. The monoisotopic (exact) mass is 282 g/mol.